The molecule has 0 aliphatic carbocycles. The molecule has 0 aromatic carbocycles. The zero-order valence-electron chi connectivity index (χ0n) is 15.7. The number of aromatic nitrogens is 2. The van der Waals surface area contributed by atoms with Gasteiger partial charge in [0.2, 0.25) is 0 Å². The van der Waals surface area contributed by atoms with Gasteiger partial charge < -0.3 is 0 Å². The molecule has 0 aliphatic rings. The number of thioether (sulfide) groups is 1. The molecule has 5 heteroatoms. The van der Waals surface area contributed by atoms with Crippen molar-refractivity contribution in [3.63, 3.8) is 0 Å². The summed E-state index contributed by atoms with van der Waals surface area (Å²) in [4.78, 5) is 5.67. The monoisotopic (exact) mass is 472 g/mol. The third kappa shape index (κ3) is 5.16. The van der Waals surface area contributed by atoms with Gasteiger partial charge in [0.25, 0.3) is 0 Å². The SMILES string of the molecule is CCCC[C](CCCC)(CCCC)[Sn][c]1sc2cncn2c1SC. The second kappa shape index (κ2) is 10.5. The Kier molecular flexibility index (Phi) is 8.99. The Morgan fingerprint density at radius 2 is 1.67 bits per heavy atom. The molecule has 0 fully saturated rings. The predicted molar refractivity (Wildman–Crippen MR) is 112 cm³/mol. The van der Waals surface area contributed by atoms with Crippen molar-refractivity contribution in [1.82, 2.24) is 9.38 Å². The number of hydrogen-bond donors (Lipinski definition) is 0. The standard InChI is InChI=1S/C13H27.C6H5N2S2.Sn/c1-4-7-10-13(11-8-5-2)12-9-6-3;1-9-6-3-10-5-2-7-4-8(5)6;/h4-12H2,1-3H3;2,4H,1H3;. The summed E-state index contributed by atoms with van der Waals surface area (Å²) >= 11 is 3.33. The van der Waals surface area contributed by atoms with E-state index >= 15 is 0 Å². The van der Waals surface area contributed by atoms with E-state index in [4.69, 9.17) is 0 Å². The molecule has 0 bridgehead atoms. The van der Waals surface area contributed by atoms with Crippen molar-refractivity contribution in [3.05, 3.63) is 12.5 Å². The van der Waals surface area contributed by atoms with Crippen molar-refractivity contribution in [1.29, 1.82) is 0 Å². The van der Waals surface area contributed by atoms with Crippen LogP contribution in [0.15, 0.2) is 17.6 Å². The van der Waals surface area contributed by atoms with Crippen LogP contribution in [0.4, 0.5) is 0 Å². The van der Waals surface area contributed by atoms with Crippen molar-refractivity contribution in [2.75, 3.05) is 6.26 Å². The van der Waals surface area contributed by atoms with Gasteiger partial charge in [0, 0.05) is 0 Å². The molecule has 24 heavy (non-hydrogen) atoms. The molecule has 2 aromatic heterocycles. The molecule has 2 radical (unpaired) electrons. The first kappa shape index (κ1) is 20.6. The molecule has 2 nitrogen and oxygen atoms in total. The fraction of sp³-hybridized carbons (Fsp3) is 0.737. The summed E-state index contributed by atoms with van der Waals surface area (Å²) in [5, 5.41) is 1.49. The van der Waals surface area contributed by atoms with Gasteiger partial charge in [-0.1, -0.05) is 0 Å². The van der Waals surface area contributed by atoms with Gasteiger partial charge in [0.15, 0.2) is 0 Å². The molecule has 0 N–H and O–H groups in total. The Morgan fingerprint density at radius 3 is 2.17 bits per heavy atom. The number of fused-ring (bicyclic) bond motifs is 1. The van der Waals surface area contributed by atoms with Gasteiger partial charge in [-0.3, -0.25) is 0 Å². The van der Waals surface area contributed by atoms with Gasteiger partial charge in [-0.25, -0.2) is 0 Å². The number of imidazole rings is 1. The van der Waals surface area contributed by atoms with E-state index < -0.39 is 21.1 Å². The zero-order valence-corrected chi connectivity index (χ0v) is 20.2. The van der Waals surface area contributed by atoms with E-state index in [1.54, 1.807) is 2.89 Å². The average molecular weight is 471 g/mol. The van der Waals surface area contributed by atoms with Crippen LogP contribution in [0.3, 0.4) is 0 Å². The Bertz CT molecular complexity index is 584. The van der Waals surface area contributed by atoms with Gasteiger partial charge in [-0.05, 0) is 0 Å². The third-order valence-electron chi connectivity index (χ3n) is 4.82. The molecule has 0 aliphatic heterocycles. The Labute approximate surface area is 166 Å². The molecule has 0 atom stereocenters. The summed E-state index contributed by atoms with van der Waals surface area (Å²) in [5.74, 6) is 0. The summed E-state index contributed by atoms with van der Waals surface area (Å²) in [5.41, 5.74) is 0. The van der Waals surface area contributed by atoms with Crippen LogP contribution < -0.4 is 2.89 Å². The van der Waals surface area contributed by atoms with E-state index in [1.165, 1.54) is 67.6 Å². The topological polar surface area (TPSA) is 17.3 Å². The molecule has 134 valence electrons. The van der Waals surface area contributed by atoms with Crippen LogP contribution in [0.25, 0.3) is 4.83 Å². The molecule has 0 unspecified atom stereocenters. The van der Waals surface area contributed by atoms with Gasteiger partial charge in [-0.2, -0.15) is 0 Å². The van der Waals surface area contributed by atoms with Crippen LogP contribution in [0.2, 0.25) is 3.43 Å². The first-order valence-electron chi connectivity index (χ1n) is 9.46. The molecular formula is C19H32N2S2Sn. The summed E-state index contributed by atoms with van der Waals surface area (Å²) in [6.07, 6.45) is 18.9. The number of thiazole rings is 1. The van der Waals surface area contributed by atoms with E-state index in [9.17, 15) is 0 Å². The van der Waals surface area contributed by atoms with E-state index in [2.05, 4.69) is 36.4 Å². The summed E-state index contributed by atoms with van der Waals surface area (Å²) in [6, 6.07) is 0. The maximum absolute atomic E-state index is 4.34. The quantitative estimate of drug-likeness (QED) is 0.272. The summed E-state index contributed by atoms with van der Waals surface area (Å²) in [7, 11) is 0. The molecule has 0 spiro atoms. The van der Waals surface area contributed by atoms with Crippen molar-refractivity contribution in [3.8, 4) is 0 Å². The maximum atomic E-state index is 4.34. The van der Waals surface area contributed by atoms with Gasteiger partial charge in [0.05, 0.1) is 0 Å². The fourth-order valence-electron chi connectivity index (χ4n) is 3.39. The first-order valence-corrected chi connectivity index (χ1v) is 14.4. The van der Waals surface area contributed by atoms with Crippen molar-refractivity contribution in [2.24, 2.45) is 0 Å². The van der Waals surface area contributed by atoms with Crippen LogP contribution in [0.5, 0.6) is 0 Å². The zero-order chi connectivity index (χ0) is 17.4. The normalized spacial score (nSPS) is 12.3. The second-order valence-corrected chi connectivity index (χ2v) is 14.8. The van der Waals surface area contributed by atoms with E-state index in [-0.39, 0.29) is 0 Å². The molecule has 2 aromatic rings. The molecular weight excluding hydrogens is 439 g/mol. The van der Waals surface area contributed by atoms with E-state index in [0.717, 1.165) is 0 Å². The third-order valence-corrected chi connectivity index (χ3v) is 13.7. The molecule has 0 amide bonds. The van der Waals surface area contributed by atoms with Gasteiger partial charge >= 0.3 is 167 Å². The predicted octanol–water partition coefficient (Wildman–Crippen LogP) is 6.18. The van der Waals surface area contributed by atoms with E-state index in [0.29, 0.717) is 3.43 Å². The summed E-state index contributed by atoms with van der Waals surface area (Å²) in [6.45, 7) is 7.05. The molecule has 0 saturated carbocycles. The number of unbranched alkanes of at least 4 members (excludes halogenated alkanes) is 3. The van der Waals surface area contributed by atoms with Crippen molar-refractivity contribution < 1.29 is 0 Å². The summed E-state index contributed by atoms with van der Waals surface area (Å²) < 4.78 is 4.76. The first-order chi connectivity index (χ1) is 11.7. The molecule has 2 heterocycles. The van der Waals surface area contributed by atoms with Crippen molar-refractivity contribution >= 4 is 52.0 Å². The number of rotatable bonds is 12. The Morgan fingerprint density at radius 1 is 1.08 bits per heavy atom. The van der Waals surface area contributed by atoms with Crippen LogP contribution in [-0.2, 0) is 0 Å². The van der Waals surface area contributed by atoms with Crippen molar-refractivity contribution in [2.45, 2.75) is 87.0 Å². The number of hydrogen-bond acceptors (Lipinski definition) is 3. The van der Waals surface area contributed by atoms with E-state index in [1.807, 2.05) is 35.6 Å². The minimum absolute atomic E-state index is 0.632. The molecule has 2 rings (SSSR count). The van der Waals surface area contributed by atoms with Crippen LogP contribution in [0.1, 0.15) is 78.6 Å². The minimum atomic E-state index is -0.632. The van der Waals surface area contributed by atoms with Gasteiger partial charge in [-0.15, -0.1) is 0 Å². The van der Waals surface area contributed by atoms with Gasteiger partial charge in [0.1, 0.15) is 0 Å². The number of nitrogens with zero attached hydrogens (tertiary/aromatic N) is 2. The molecule has 0 saturated heterocycles. The Hall–Kier alpha value is 0.319. The fourth-order valence-corrected chi connectivity index (χ4v) is 13.8. The average Bonchev–Trinajstić information content (AvgIpc) is 3.16. The second-order valence-electron chi connectivity index (χ2n) is 6.76. The van der Waals surface area contributed by atoms with Crippen LogP contribution >= 0.6 is 23.1 Å². The Balaban J connectivity index is 2.30. The van der Waals surface area contributed by atoms with Crippen LogP contribution in [0, 0.1) is 0 Å². The van der Waals surface area contributed by atoms with Crippen LogP contribution in [-0.4, -0.2) is 36.8 Å².